The van der Waals surface area contributed by atoms with Gasteiger partial charge < -0.3 is 0 Å². The molecule has 0 bridgehead atoms. The van der Waals surface area contributed by atoms with Crippen LogP contribution in [-0.4, -0.2) is 12.4 Å². The lowest BCUT2D eigenvalue weighted by Gasteiger charge is -2.15. The number of quaternary nitrogens is 1. The van der Waals surface area contributed by atoms with Gasteiger partial charge in [0.15, 0.2) is 0 Å². The first-order chi connectivity index (χ1) is 8.68. The minimum atomic E-state index is 1.01. The van der Waals surface area contributed by atoms with Crippen molar-refractivity contribution in [3.05, 3.63) is 53.1 Å². The molecular formula is C16H24NS+. The first-order valence-corrected chi connectivity index (χ1v) is 7.55. The Hall–Kier alpha value is -0.990. The fourth-order valence-corrected chi connectivity index (χ4v) is 2.95. The number of hydrogen-bond acceptors (Lipinski definition) is 1. The second-order valence-electron chi connectivity index (χ2n) is 4.22. The van der Waals surface area contributed by atoms with E-state index in [1.54, 1.807) is 0 Å². The topological polar surface area (TPSA) is 4.44 Å². The Morgan fingerprint density at radius 3 is 2.33 bits per heavy atom. The molecule has 1 aliphatic rings. The Morgan fingerprint density at radius 1 is 1.22 bits per heavy atom. The quantitative estimate of drug-likeness (QED) is 0.872. The zero-order chi connectivity index (χ0) is 13.5. The van der Waals surface area contributed by atoms with Crippen molar-refractivity contribution in [1.82, 2.24) is 0 Å². The van der Waals surface area contributed by atoms with E-state index in [0.717, 1.165) is 12.4 Å². The molecule has 1 aliphatic heterocycles. The maximum atomic E-state index is 4.20. The van der Waals surface area contributed by atoms with Gasteiger partial charge in [-0.25, -0.2) is 0 Å². The molecule has 2 heteroatoms. The number of nitrogens with one attached hydrogen (secondary N) is 1. The minimum Gasteiger partial charge on any atom is -0.293 e. The Balaban J connectivity index is 0.000000771. The number of allylic oxidation sites excluding steroid dienone is 2. The summed E-state index contributed by atoms with van der Waals surface area (Å²) >= 11 is 1.95. The summed E-state index contributed by atoms with van der Waals surface area (Å²) in [7, 11) is 0. The zero-order valence-electron chi connectivity index (χ0n) is 11.9. The molecule has 0 amide bonds. The maximum absolute atomic E-state index is 4.20. The van der Waals surface area contributed by atoms with Crippen LogP contribution < -0.4 is 4.90 Å². The standard InChI is InChI=1S/C14H17NS.C2H6/c1-11(14-7-5-4-6-8-14)9-15-10-16-13(3)12(15)2;1-2/h4-8H,1,9-10H2,2-3H3;1-2H3/p+1. The van der Waals surface area contributed by atoms with Gasteiger partial charge in [0.05, 0.1) is 0 Å². The van der Waals surface area contributed by atoms with Crippen molar-refractivity contribution >= 4 is 17.3 Å². The molecule has 0 saturated carbocycles. The highest BCUT2D eigenvalue weighted by atomic mass is 32.2. The van der Waals surface area contributed by atoms with Gasteiger partial charge in [-0.1, -0.05) is 62.5 Å². The number of hydrogen-bond donors (Lipinski definition) is 1. The Kier molecular flexibility index (Phi) is 6.23. The van der Waals surface area contributed by atoms with E-state index in [-0.39, 0.29) is 0 Å². The largest absolute Gasteiger partial charge is 0.293 e. The molecule has 0 spiro atoms. The summed E-state index contributed by atoms with van der Waals surface area (Å²) < 4.78 is 0. The van der Waals surface area contributed by atoms with Crippen molar-refractivity contribution in [3.63, 3.8) is 0 Å². The molecular weight excluding hydrogens is 238 g/mol. The summed E-state index contributed by atoms with van der Waals surface area (Å²) in [4.78, 5) is 3.01. The second kappa shape index (κ2) is 7.45. The molecule has 1 nitrogen and oxygen atoms in total. The molecule has 0 radical (unpaired) electrons. The lowest BCUT2D eigenvalue weighted by atomic mass is 10.1. The lowest BCUT2D eigenvalue weighted by Crippen LogP contribution is -3.08. The molecule has 1 N–H and O–H groups in total. The first-order valence-electron chi connectivity index (χ1n) is 6.57. The maximum Gasteiger partial charge on any atom is 0.133 e. The van der Waals surface area contributed by atoms with Gasteiger partial charge >= 0.3 is 0 Å². The summed E-state index contributed by atoms with van der Waals surface area (Å²) in [6, 6.07) is 10.5. The summed E-state index contributed by atoms with van der Waals surface area (Å²) in [5.41, 5.74) is 3.96. The third-order valence-electron chi connectivity index (χ3n) is 3.13. The van der Waals surface area contributed by atoms with Crippen LogP contribution in [0.15, 0.2) is 47.5 Å². The van der Waals surface area contributed by atoms with Crippen LogP contribution in [0.25, 0.3) is 5.57 Å². The predicted octanol–water partition coefficient (Wildman–Crippen LogP) is 3.57. The van der Waals surface area contributed by atoms with Crippen LogP contribution in [0.1, 0.15) is 33.3 Å². The van der Waals surface area contributed by atoms with Gasteiger partial charge in [0.2, 0.25) is 0 Å². The van der Waals surface area contributed by atoms with Crippen LogP contribution in [0.2, 0.25) is 0 Å². The molecule has 18 heavy (non-hydrogen) atoms. The van der Waals surface area contributed by atoms with Gasteiger partial charge in [-0.05, 0) is 12.5 Å². The van der Waals surface area contributed by atoms with Gasteiger partial charge in [-0.15, -0.1) is 0 Å². The molecule has 0 aliphatic carbocycles. The fraction of sp³-hybridized carbons (Fsp3) is 0.375. The van der Waals surface area contributed by atoms with E-state index in [0.29, 0.717) is 0 Å². The molecule has 1 heterocycles. The van der Waals surface area contributed by atoms with Crippen LogP contribution in [0.5, 0.6) is 0 Å². The molecule has 1 unspecified atom stereocenters. The van der Waals surface area contributed by atoms with E-state index >= 15 is 0 Å². The number of thioether (sulfide) groups is 1. The molecule has 0 fully saturated rings. The normalized spacial score (nSPS) is 18.3. The van der Waals surface area contributed by atoms with Gasteiger partial charge in [-0.2, -0.15) is 0 Å². The third kappa shape index (κ3) is 3.76. The van der Waals surface area contributed by atoms with Crippen molar-refractivity contribution in [1.29, 1.82) is 0 Å². The average Bonchev–Trinajstić information content (AvgIpc) is 2.74. The van der Waals surface area contributed by atoms with Crippen LogP contribution >= 0.6 is 11.8 Å². The lowest BCUT2D eigenvalue weighted by molar-refractivity contribution is -0.836. The van der Waals surface area contributed by atoms with Crippen LogP contribution in [-0.2, 0) is 0 Å². The molecule has 0 aromatic heterocycles. The van der Waals surface area contributed by atoms with Gasteiger partial charge in [-0.3, -0.25) is 4.90 Å². The summed E-state index contributed by atoms with van der Waals surface area (Å²) in [5, 5.41) is 0. The first kappa shape index (κ1) is 15.1. The monoisotopic (exact) mass is 262 g/mol. The third-order valence-corrected chi connectivity index (χ3v) is 4.36. The van der Waals surface area contributed by atoms with E-state index < -0.39 is 0 Å². The Labute approximate surface area is 116 Å². The molecule has 1 aromatic rings. The Bertz CT molecular complexity index is 420. The highest BCUT2D eigenvalue weighted by Gasteiger charge is 2.22. The SMILES string of the molecule is C=C(C[NH+]1CSC(C)=C1C)c1ccccc1.CC. The predicted molar refractivity (Wildman–Crippen MR) is 83.5 cm³/mol. The molecule has 1 aromatic carbocycles. The van der Waals surface area contributed by atoms with E-state index in [1.807, 2.05) is 31.7 Å². The van der Waals surface area contributed by atoms with Gasteiger partial charge in [0, 0.05) is 17.4 Å². The summed E-state index contributed by atoms with van der Waals surface area (Å²) in [6.07, 6.45) is 0. The van der Waals surface area contributed by atoms with Crippen molar-refractivity contribution in [2.45, 2.75) is 27.7 Å². The van der Waals surface area contributed by atoms with Crippen LogP contribution in [0.3, 0.4) is 0 Å². The van der Waals surface area contributed by atoms with E-state index in [9.17, 15) is 0 Å². The molecule has 1 atom stereocenters. The summed E-state index contributed by atoms with van der Waals surface area (Å²) in [5.74, 6) is 1.14. The Morgan fingerprint density at radius 2 is 1.83 bits per heavy atom. The summed E-state index contributed by atoms with van der Waals surface area (Å²) in [6.45, 7) is 13.6. The van der Waals surface area contributed by atoms with E-state index in [1.165, 1.54) is 26.6 Å². The molecule has 2 rings (SSSR count). The van der Waals surface area contributed by atoms with Gasteiger partial charge in [0.1, 0.15) is 18.1 Å². The van der Waals surface area contributed by atoms with Crippen molar-refractivity contribution < 1.29 is 4.90 Å². The van der Waals surface area contributed by atoms with Crippen molar-refractivity contribution in [3.8, 4) is 0 Å². The molecule has 98 valence electrons. The molecule has 0 saturated heterocycles. The van der Waals surface area contributed by atoms with Gasteiger partial charge in [0.25, 0.3) is 0 Å². The highest BCUT2D eigenvalue weighted by molar-refractivity contribution is 8.03. The van der Waals surface area contributed by atoms with Crippen LogP contribution in [0.4, 0.5) is 0 Å². The van der Waals surface area contributed by atoms with Crippen LogP contribution in [0, 0.1) is 0 Å². The fourth-order valence-electron chi connectivity index (χ4n) is 1.88. The van der Waals surface area contributed by atoms with E-state index in [4.69, 9.17) is 0 Å². The zero-order valence-corrected chi connectivity index (χ0v) is 12.7. The van der Waals surface area contributed by atoms with Crippen molar-refractivity contribution in [2.24, 2.45) is 0 Å². The average molecular weight is 262 g/mol. The van der Waals surface area contributed by atoms with E-state index in [2.05, 4.69) is 44.7 Å². The smallest absolute Gasteiger partial charge is 0.133 e. The highest BCUT2D eigenvalue weighted by Crippen LogP contribution is 2.20. The number of benzene rings is 1. The van der Waals surface area contributed by atoms with Crippen molar-refractivity contribution in [2.75, 3.05) is 12.4 Å². The number of rotatable bonds is 3. The second-order valence-corrected chi connectivity index (χ2v) is 5.41. The minimum absolute atomic E-state index is 1.01.